The van der Waals surface area contributed by atoms with E-state index in [-0.39, 0.29) is 11.9 Å². The van der Waals surface area contributed by atoms with E-state index < -0.39 is 0 Å². The average molecular weight is 335 g/mol. The number of hydrogen-bond acceptors (Lipinski definition) is 5. The van der Waals surface area contributed by atoms with Gasteiger partial charge in [-0.1, -0.05) is 0 Å². The van der Waals surface area contributed by atoms with E-state index in [0.29, 0.717) is 11.7 Å². The van der Waals surface area contributed by atoms with Gasteiger partial charge in [-0.25, -0.2) is 4.98 Å². The largest absolute Gasteiger partial charge is 0.377 e. The van der Waals surface area contributed by atoms with Crippen LogP contribution in [0.15, 0.2) is 23.4 Å². The second kappa shape index (κ2) is 8.13. The predicted molar refractivity (Wildman–Crippen MR) is 91.9 cm³/mol. The fourth-order valence-electron chi connectivity index (χ4n) is 3.33. The van der Waals surface area contributed by atoms with E-state index in [2.05, 4.69) is 15.2 Å². The molecule has 126 valence electrons. The maximum absolute atomic E-state index is 12.5. The number of piperidine rings is 1. The first-order valence-corrected chi connectivity index (χ1v) is 9.62. The van der Waals surface area contributed by atoms with Crippen LogP contribution >= 0.6 is 11.8 Å². The minimum absolute atomic E-state index is 0.0000243. The molecule has 2 saturated heterocycles. The Kier molecular flexibility index (Phi) is 5.91. The zero-order chi connectivity index (χ0) is 16.1. The standard InChI is InChI=1S/C17H25N3O2S/c1-23-17-15(5-2-8-18-17)16(21)19-13-6-9-20(10-7-13)12-14-4-3-11-22-14/h2,5,8,13-14H,3-4,6-7,9-12H2,1H3,(H,19,21)/t14-/m1/s1. The monoisotopic (exact) mass is 335 g/mol. The number of pyridine rings is 1. The molecule has 2 fully saturated rings. The van der Waals surface area contributed by atoms with Crippen molar-refractivity contribution < 1.29 is 9.53 Å². The summed E-state index contributed by atoms with van der Waals surface area (Å²) in [5.74, 6) is 0.0000243. The van der Waals surface area contributed by atoms with Gasteiger partial charge in [0.05, 0.1) is 11.7 Å². The summed E-state index contributed by atoms with van der Waals surface area (Å²) < 4.78 is 5.71. The Bertz CT molecular complexity index is 526. The van der Waals surface area contributed by atoms with Gasteiger partial charge < -0.3 is 15.0 Å². The summed E-state index contributed by atoms with van der Waals surface area (Å²) in [6.45, 7) is 4.03. The van der Waals surface area contributed by atoms with E-state index in [1.807, 2.05) is 18.4 Å². The SMILES string of the molecule is CSc1ncccc1C(=O)NC1CCN(C[C@H]2CCCO2)CC1. The summed E-state index contributed by atoms with van der Waals surface area (Å²) in [7, 11) is 0. The summed E-state index contributed by atoms with van der Waals surface area (Å²) in [4.78, 5) is 19.2. The van der Waals surface area contributed by atoms with Crippen molar-refractivity contribution in [1.82, 2.24) is 15.2 Å². The van der Waals surface area contributed by atoms with Gasteiger partial charge in [0.15, 0.2) is 0 Å². The molecule has 5 nitrogen and oxygen atoms in total. The van der Waals surface area contributed by atoms with Gasteiger partial charge in [-0.2, -0.15) is 0 Å². The van der Waals surface area contributed by atoms with Crippen molar-refractivity contribution in [2.24, 2.45) is 0 Å². The van der Waals surface area contributed by atoms with Crippen molar-refractivity contribution in [3.63, 3.8) is 0 Å². The lowest BCUT2D eigenvalue weighted by atomic mass is 10.0. The van der Waals surface area contributed by atoms with E-state index in [9.17, 15) is 4.79 Å². The zero-order valence-electron chi connectivity index (χ0n) is 13.7. The molecular weight excluding hydrogens is 310 g/mol. The molecule has 0 aromatic carbocycles. The molecule has 0 radical (unpaired) electrons. The van der Waals surface area contributed by atoms with Gasteiger partial charge in [0, 0.05) is 38.5 Å². The first kappa shape index (κ1) is 16.7. The van der Waals surface area contributed by atoms with Crippen LogP contribution in [0.25, 0.3) is 0 Å². The highest BCUT2D eigenvalue weighted by Gasteiger charge is 2.25. The Morgan fingerprint density at radius 1 is 1.43 bits per heavy atom. The fraction of sp³-hybridized carbons (Fsp3) is 0.647. The van der Waals surface area contributed by atoms with Gasteiger partial charge in [0.25, 0.3) is 5.91 Å². The number of rotatable bonds is 5. The van der Waals surface area contributed by atoms with Crippen LogP contribution in [-0.4, -0.2) is 60.4 Å². The number of ether oxygens (including phenoxy) is 1. The van der Waals surface area contributed by atoms with Crippen molar-refractivity contribution in [2.45, 2.75) is 42.9 Å². The van der Waals surface area contributed by atoms with Crippen LogP contribution in [0.5, 0.6) is 0 Å². The molecule has 1 aromatic rings. The van der Waals surface area contributed by atoms with Gasteiger partial charge in [-0.15, -0.1) is 11.8 Å². The number of carbonyl (C=O) groups is 1. The minimum atomic E-state index is 0.0000243. The second-order valence-electron chi connectivity index (χ2n) is 6.24. The van der Waals surface area contributed by atoms with Crippen LogP contribution in [0.3, 0.4) is 0 Å². The Labute approximate surface area is 142 Å². The highest BCUT2D eigenvalue weighted by molar-refractivity contribution is 7.98. The van der Waals surface area contributed by atoms with Crippen LogP contribution in [0, 0.1) is 0 Å². The van der Waals surface area contributed by atoms with Crippen molar-refractivity contribution in [3.05, 3.63) is 23.9 Å². The van der Waals surface area contributed by atoms with Crippen LogP contribution in [0.4, 0.5) is 0 Å². The number of nitrogens with zero attached hydrogens (tertiary/aromatic N) is 2. The van der Waals surface area contributed by atoms with Crippen molar-refractivity contribution >= 4 is 17.7 Å². The van der Waals surface area contributed by atoms with Crippen LogP contribution in [0.2, 0.25) is 0 Å². The molecule has 1 atom stereocenters. The van der Waals surface area contributed by atoms with Crippen LogP contribution in [0.1, 0.15) is 36.0 Å². The molecule has 0 spiro atoms. The third kappa shape index (κ3) is 4.46. The first-order chi connectivity index (χ1) is 11.3. The molecule has 0 aliphatic carbocycles. The van der Waals surface area contributed by atoms with E-state index >= 15 is 0 Å². The lowest BCUT2D eigenvalue weighted by Gasteiger charge is -2.33. The van der Waals surface area contributed by atoms with Gasteiger partial charge in [-0.3, -0.25) is 4.79 Å². The third-order valence-electron chi connectivity index (χ3n) is 4.62. The lowest BCUT2D eigenvalue weighted by Crippen LogP contribution is -2.46. The van der Waals surface area contributed by atoms with Gasteiger partial charge in [-0.05, 0) is 44.1 Å². The Balaban J connectivity index is 1.47. The summed E-state index contributed by atoms with van der Waals surface area (Å²) in [6, 6.07) is 3.93. The second-order valence-corrected chi connectivity index (χ2v) is 7.04. The molecular formula is C17H25N3O2S. The third-order valence-corrected chi connectivity index (χ3v) is 5.33. The van der Waals surface area contributed by atoms with E-state index in [4.69, 9.17) is 4.74 Å². The molecule has 2 aliphatic rings. The zero-order valence-corrected chi connectivity index (χ0v) is 14.5. The first-order valence-electron chi connectivity index (χ1n) is 8.40. The average Bonchev–Trinajstić information content (AvgIpc) is 3.09. The molecule has 1 aromatic heterocycles. The van der Waals surface area contributed by atoms with E-state index in [1.54, 1.807) is 6.20 Å². The smallest absolute Gasteiger partial charge is 0.254 e. The highest BCUT2D eigenvalue weighted by Crippen LogP contribution is 2.19. The molecule has 23 heavy (non-hydrogen) atoms. The van der Waals surface area contributed by atoms with E-state index in [1.165, 1.54) is 24.6 Å². The number of hydrogen-bond donors (Lipinski definition) is 1. The molecule has 6 heteroatoms. The predicted octanol–water partition coefficient (Wildman–Crippen LogP) is 2.18. The quantitative estimate of drug-likeness (QED) is 0.836. The van der Waals surface area contributed by atoms with Crippen molar-refractivity contribution in [1.29, 1.82) is 0 Å². The van der Waals surface area contributed by atoms with Crippen LogP contribution in [-0.2, 0) is 4.74 Å². The molecule has 1 amide bonds. The number of thioether (sulfide) groups is 1. The Morgan fingerprint density at radius 3 is 2.96 bits per heavy atom. The van der Waals surface area contributed by atoms with Gasteiger partial charge >= 0.3 is 0 Å². The van der Waals surface area contributed by atoms with Crippen molar-refractivity contribution in [2.75, 3.05) is 32.5 Å². The van der Waals surface area contributed by atoms with Gasteiger partial charge in [0.1, 0.15) is 5.03 Å². The molecule has 2 aliphatic heterocycles. The molecule has 0 bridgehead atoms. The molecule has 3 rings (SSSR count). The number of amides is 1. The summed E-state index contributed by atoms with van der Waals surface area (Å²) in [5, 5.41) is 3.97. The molecule has 1 N–H and O–H groups in total. The lowest BCUT2D eigenvalue weighted by molar-refractivity contribution is 0.0612. The van der Waals surface area contributed by atoms with Crippen molar-refractivity contribution in [3.8, 4) is 0 Å². The summed E-state index contributed by atoms with van der Waals surface area (Å²) in [5.41, 5.74) is 0.682. The summed E-state index contributed by atoms with van der Waals surface area (Å²) in [6.07, 6.45) is 8.49. The minimum Gasteiger partial charge on any atom is -0.377 e. The number of aromatic nitrogens is 1. The fourth-order valence-corrected chi connectivity index (χ4v) is 3.87. The molecule has 0 saturated carbocycles. The number of carbonyl (C=O) groups excluding carboxylic acids is 1. The van der Waals surface area contributed by atoms with Crippen LogP contribution < -0.4 is 5.32 Å². The van der Waals surface area contributed by atoms with Gasteiger partial charge in [0.2, 0.25) is 0 Å². The maximum Gasteiger partial charge on any atom is 0.254 e. The number of likely N-dealkylation sites (tertiary alicyclic amines) is 1. The molecule has 0 unspecified atom stereocenters. The Hall–Kier alpha value is -1.11. The topological polar surface area (TPSA) is 54.5 Å². The Morgan fingerprint density at radius 2 is 2.26 bits per heavy atom. The van der Waals surface area contributed by atoms with E-state index in [0.717, 1.165) is 44.1 Å². The maximum atomic E-state index is 12.5. The normalized spacial score (nSPS) is 23.1. The summed E-state index contributed by atoms with van der Waals surface area (Å²) >= 11 is 1.51. The molecule has 3 heterocycles. The number of nitrogens with one attached hydrogen (secondary N) is 1. The highest BCUT2D eigenvalue weighted by atomic mass is 32.2.